The molecule has 2 N–H and O–H groups in total. The predicted octanol–water partition coefficient (Wildman–Crippen LogP) is 2.09. The molecule has 98 valence electrons. The van der Waals surface area contributed by atoms with Crippen LogP contribution in [-0.2, 0) is 11.2 Å². The van der Waals surface area contributed by atoms with Gasteiger partial charge in [-0.05, 0) is 25.7 Å². The third kappa shape index (κ3) is 3.18. The van der Waals surface area contributed by atoms with Crippen LogP contribution < -0.4 is 5.32 Å². The van der Waals surface area contributed by atoms with Crippen LogP contribution >= 0.6 is 0 Å². The molecule has 0 spiro atoms. The first kappa shape index (κ1) is 12.8. The number of aliphatic carboxylic acids is 1. The Kier molecular flexibility index (Phi) is 4.12. The normalized spacial score (nSPS) is 22.9. The summed E-state index contributed by atoms with van der Waals surface area (Å²) in [5.41, 5.74) is 1.03. The van der Waals surface area contributed by atoms with Crippen molar-refractivity contribution in [3.63, 3.8) is 0 Å². The van der Waals surface area contributed by atoms with Gasteiger partial charge in [-0.3, -0.25) is 4.79 Å². The van der Waals surface area contributed by atoms with E-state index < -0.39 is 5.97 Å². The summed E-state index contributed by atoms with van der Waals surface area (Å²) in [5, 5.41) is 12.3. The Morgan fingerprint density at radius 2 is 2.33 bits per heavy atom. The fourth-order valence-electron chi connectivity index (χ4n) is 2.42. The molecule has 1 aromatic heterocycles. The minimum absolute atomic E-state index is 0.209. The molecule has 1 fully saturated rings. The molecular weight excluding hydrogens is 230 g/mol. The molecule has 2 unspecified atom stereocenters. The third-order valence-corrected chi connectivity index (χ3v) is 3.36. The summed E-state index contributed by atoms with van der Waals surface area (Å²) in [5.74, 6) is -0.0856. The van der Waals surface area contributed by atoms with Crippen LogP contribution in [-0.4, -0.2) is 27.1 Å². The lowest BCUT2D eigenvalue weighted by molar-refractivity contribution is -0.141. The summed E-state index contributed by atoms with van der Waals surface area (Å²) >= 11 is 0. The van der Waals surface area contributed by atoms with Crippen LogP contribution in [0.5, 0.6) is 0 Å². The molecule has 2 atom stereocenters. The van der Waals surface area contributed by atoms with E-state index in [4.69, 9.17) is 5.11 Å². The molecule has 0 radical (unpaired) electrons. The molecule has 1 aliphatic rings. The Morgan fingerprint density at radius 1 is 1.50 bits per heavy atom. The van der Waals surface area contributed by atoms with Crippen molar-refractivity contribution in [1.82, 2.24) is 9.97 Å². The zero-order chi connectivity index (χ0) is 13.0. The maximum absolute atomic E-state index is 10.9. The number of aryl methyl sites for hydroxylation is 1. The van der Waals surface area contributed by atoms with Gasteiger partial charge in [0, 0.05) is 17.8 Å². The molecule has 1 saturated carbocycles. The highest BCUT2D eigenvalue weighted by atomic mass is 16.4. The highest BCUT2D eigenvalue weighted by Gasteiger charge is 2.29. The summed E-state index contributed by atoms with van der Waals surface area (Å²) in [6, 6.07) is 2.17. The van der Waals surface area contributed by atoms with Gasteiger partial charge in [0.2, 0.25) is 0 Å². The zero-order valence-electron chi connectivity index (χ0n) is 10.6. The van der Waals surface area contributed by atoms with E-state index in [2.05, 4.69) is 22.2 Å². The number of nitrogens with one attached hydrogen (secondary N) is 1. The quantitative estimate of drug-likeness (QED) is 0.835. The van der Waals surface area contributed by atoms with Crippen molar-refractivity contribution in [1.29, 1.82) is 0 Å². The number of rotatable bonds is 5. The highest BCUT2D eigenvalue weighted by molar-refractivity contribution is 5.70. The monoisotopic (exact) mass is 249 g/mol. The molecule has 5 heteroatoms. The summed E-state index contributed by atoms with van der Waals surface area (Å²) < 4.78 is 0. The van der Waals surface area contributed by atoms with Crippen molar-refractivity contribution < 1.29 is 9.90 Å². The molecule has 0 saturated heterocycles. The number of carboxylic acids is 1. The van der Waals surface area contributed by atoms with Gasteiger partial charge in [-0.1, -0.05) is 13.3 Å². The molecule has 18 heavy (non-hydrogen) atoms. The SMILES string of the molecule is CCCc1cc(NC2CCC(C(=O)O)C2)ncn1. The molecule has 0 amide bonds. The van der Waals surface area contributed by atoms with E-state index in [9.17, 15) is 4.79 Å². The van der Waals surface area contributed by atoms with Crippen LogP contribution in [0.3, 0.4) is 0 Å². The van der Waals surface area contributed by atoms with Crippen molar-refractivity contribution in [2.45, 2.75) is 45.1 Å². The van der Waals surface area contributed by atoms with Crippen LogP contribution in [0.25, 0.3) is 0 Å². The Morgan fingerprint density at radius 3 is 3.00 bits per heavy atom. The Labute approximate surface area is 107 Å². The van der Waals surface area contributed by atoms with E-state index >= 15 is 0 Å². The minimum Gasteiger partial charge on any atom is -0.481 e. The molecule has 0 aliphatic heterocycles. The molecule has 5 nitrogen and oxygen atoms in total. The number of carbonyl (C=O) groups is 1. The zero-order valence-corrected chi connectivity index (χ0v) is 10.6. The number of carboxylic acid groups (broad SMARTS) is 1. The van der Waals surface area contributed by atoms with Crippen molar-refractivity contribution in [3.8, 4) is 0 Å². The van der Waals surface area contributed by atoms with E-state index in [1.54, 1.807) is 6.33 Å². The van der Waals surface area contributed by atoms with E-state index in [0.29, 0.717) is 6.42 Å². The van der Waals surface area contributed by atoms with Crippen molar-refractivity contribution in [3.05, 3.63) is 18.1 Å². The molecule has 1 aromatic rings. The van der Waals surface area contributed by atoms with Gasteiger partial charge >= 0.3 is 5.97 Å². The van der Waals surface area contributed by atoms with Crippen LogP contribution in [0.2, 0.25) is 0 Å². The van der Waals surface area contributed by atoms with Gasteiger partial charge in [0.1, 0.15) is 12.1 Å². The molecule has 2 rings (SSSR count). The number of anilines is 1. The first-order valence-electron chi connectivity index (χ1n) is 6.49. The number of nitrogens with zero attached hydrogens (tertiary/aromatic N) is 2. The standard InChI is InChI=1S/C13H19N3O2/c1-2-3-10-7-12(15-8-14-10)16-11-5-4-9(6-11)13(17)18/h7-9,11H,2-6H2,1H3,(H,17,18)(H,14,15,16). The van der Waals surface area contributed by atoms with Crippen molar-refractivity contribution in [2.75, 3.05) is 5.32 Å². The Balaban J connectivity index is 1.94. The number of aromatic nitrogens is 2. The largest absolute Gasteiger partial charge is 0.481 e. The smallest absolute Gasteiger partial charge is 0.306 e. The maximum Gasteiger partial charge on any atom is 0.306 e. The topological polar surface area (TPSA) is 75.1 Å². The summed E-state index contributed by atoms with van der Waals surface area (Å²) in [6.07, 6.45) is 5.89. The first-order chi connectivity index (χ1) is 8.69. The number of hydrogen-bond acceptors (Lipinski definition) is 4. The van der Waals surface area contributed by atoms with Crippen LogP contribution in [0.4, 0.5) is 5.82 Å². The molecular formula is C13H19N3O2. The fourth-order valence-corrected chi connectivity index (χ4v) is 2.42. The van der Waals surface area contributed by atoms with E-state index in [0.717, 1.165) is 37.2 Å². The van der Waals surface area contributed by atoms with Gasteiger partial charge < -0.3 is 10.4 Å². The molecule has 0 aromatic carbocycles. The van der Waals surface area contributed by atoms with Gasteiger partial charge in [-0.25, -0.2) is 9.97 Å². The van der Waals surface area contributed by atoms with Gasteiger partial charge in [0.15, 0.2) is 0 Å². The Bertz CT molecular complexity index is 422. The second kappa shape index (κ2) is 5.80. The Hall–Kier alpha value is -1.65. The number of hydrogen-bond donors (Lipinski definition) is 2. The second-order valence-corrected chi connectivity index (χ2v) is 4.83. The third-order valence-electron chi connectivity index (χ3n) is 3.36. The second-order valence-electron chi connectivity index (χ2n) is 4.83. The van der Waals surface area contributed by atoms with Gasteiger partial charge in [-0.2, -0.15) is 0 Å². The van der Waals surface area contributed by atoms with Gasteiger partial charge in [-0.15, -0.1) is 0 Å². The average Bonchev–Trinajstić information content (AvgIpc) is 2.78. The first-order valence-corrected chi connectivity index (χ1v) is 6.49. The van der Waals surface area contributed by atoms with E-state index in [-0.39, 0.29) is 12.0 Å². The fraction of sp³-hybridized carbons (Fsp3) is 0.615. The molecule has 0 bridgehead atoms. The maximum atomic E-state index is 10.9. The van der Waals surface area contributed by atoms with E-state index in [1.807, 2.05) is 6.07 Å². The summed E-state index contributed by atoms with van der Waals surface area (Å²) in [6.45, 7) is 2.11. The van der Waals surface area contributed by atoms with Gasteiger partial charge in [0.05, 0.1) is 5.92 Å². The van der Waals surface area contributed by atoms with Crippen molar-refractivity contribution >= 4 is 11.8 Å². The molecule has 1 heterocycles. The predicted molar refractivity (Wildman–Crippen MR) is 68.4 cm³/mol. The summed E-state index contributed by atoms with van der Waals surface area (Å²) in [4.78, 5) is 19.3. The van der Waals surface area contributed by atoms with Gasteiger partial charge in [0.25, 0.3) is 0 Å². The van der Waals surface area contributed by atoms with Crippen LogP contribution in [0.1, 0.15) is 38.3 Å². The highest BCUT2D eigenvalue weighted by Crippen LogP contribution is 2.27. The lowest BCUT2D eigenvalue weighted by Crippen LogP contribution is -2.18. The molecule has 1 aliphatic carbocycles. The van der Waals surface area contributed by atoms with Crippen molar-refractivity contribution in [2.24, 2.45) is 5.92 Å². The van der Waals surface area contributed by atoms with E-state index in [1.165, 1.54) is 0 Å². The average molecular weight is 249 g/mol. The summed E-state index contributed by atoms with van der Waals surface area (Å²) in [7, 11) is 0. The van der Waals surface area contributed by atoms with Crippen LogP contribution in [0, 0.1) is 5.92 Å². The lowest BCUT2D eigenvalue weighted by Gasteiger charge is -2.13. The van der Waals surface area contributed by atoms with Crippen LogP contribution in [0.15, 0.2) is 12.4 Å². The lowest BCUT2D eigenvalue weighted by atomic mass is 10.1. The minimum atomic E-state index is -0.686.